The SMILES string of the molecule is C=C1[C@H](COP(=O)(Oc2ccc3c(c2)OCO3)Oc2ccc3c(c2)OCO3)[C@@H](O)C[C@@H]1n1cnc2c(=O)[nH]c(N)nc21. The first-order valence-corrected chi connectivity index (χ1v) is 14.2. The first-order chi connectivity index (χ1) is 20.3. The van der Waals surface area contributed by atoms with E-state index in [0.717, 1.165) is 0 Å². The molecule has 3 aliphatic rings. The quantitative estimate of drug-likeness (QED) is 0.199. The van der Waals surface area contributed by atoms with E-state index in [9.17, 15) is 14.5 Å². The maximum Gasteiger partial charge on any atom is 0.587 e. The lowest BCUT2D eigenvalue weighted by molar-refractivity contribution is 0.0971. The van der Waals surface area contributed by atoms with E-state index in [1.165, 1.54) is 30.6 Å². The summed E-state index contributed by atoms with van der Waals surface area (Å²) in [5.41, 5.74) is 6.14. The van der Waals surface area contributed by atoms with Crippen LogP contribution in [0.5, 0.6) is 34.5 Å². The van der Waals surface area contributed by atoms with Crippen molar-refractivity contribution >= 4 is 24.9 Å². The molecule has 1 aliphatic carbocycles. The van der Waals surface area contributed by atoms with Gasteiger partial charge in [-0.05, 0) is 36.3 Å². The third-order valence-electron chi connectivity index (χ3n) is 7.15. The van der Waals surface area contributed by atoms with Crippen molar-refractivity contribution in [1.82, 2.24) is 19.5 Å². The summed E-state index contributed by atoms with van der Waals surface area (Å²) in [6.45, 7) is 3.98. The van der Waals surface area contributed by atoms with Crippen LogP contribution in [0.2, 0.25) is 0 Å². The second-order valence-corrected chi connectivity index (χ2v) is 11.2. The number of nitrogens with one attached hydrogen (secondary N) is 1. The highest BCUT2D eigenvalue weighted by Gasteiger charge is 2.42. The Morgan fingerprint density at radius 1 is 1.05 bits per heavy atom. The number of aromatic nitrogens is 4. The van der Waals surface area contributed by atoms with E-state index >= 15 is 0 Å². The predicted octanol–water partition coefficient (Wildman–Crippen LogP) is 2.92. The van der Waals surface area contributed by atoms with Gasteiger partial charge in [0.25, 0.3) is 5.56 Å². The van der Waals surface area contributed by atoms with Crippen molar-refractivity contribution in [3.63, 3.8) is 0 Å². The van der Waals surface area contributed by atoms with Crippen molar-refractivity contribution in [2.75, 3.05) is 25.9 Å². The first-order valence-electron chi connectivity index (χ1n) is 12.8. The Morgan fingerprint density at radius 2 is 1.67 bits per heavy atom. The molecule has 4 aromatic rings. The fourth-order valence-electron chi connectivity index (χ4n) is 5.09. The predicted molar refractivity (Wildman–Crippen MR) is 145 cm³/mol. The molecule has 0 bridgehead atoms. The zero-order valence-corrected chi connectivity index (χ0v) is 22.7. The Kier molecular flexibility index (Phi) is 6.22. The topological polar surface area (TPSA) is 192 Å². The number of rotatable bonds is 8. The van der Waals surface area contributed by atoms with Gasteiger partial charge in [-0.2, -0.15) is 4.98 Å². The van der Waals surface area contributed by atoms with Crippen LogP contribution in [0.15, 0.2) is 59.7 Å². The highest BCUT2D eigenvalue weighted by atomic mass is 31.2. The summed E-state index contributed by atoms with van der Waals surface area (Å²) >= 11 is 0. The Labute approximate surface area is 237 Å². The molecule has 42 heavy (non-hydrogen) atoms. The first kappa shape index (κ1) is 26.2. The number of hydrogen-bond acceptors (Lipinski definition) is 13. The molecule has 2 aromatic carbocycles. The van der Waals surface area contributed by atoms with Gasteiger partial charge in [-0.25, -0.2) is 9.55 Å². The molecule has 1 fully saturated rings. The minimum Gasteiger partial charge on any atom is -0.454 e. The van der Waals surface area contributed by atoms with Crippen molar-refractivity contribution in [2.45, 2.75) is 18.6 Å². The number of imidazole rings is 1. The van der Waals surface area contributed by atoms with Crippen LogP contribution in [-0.2, 0) is 9.09 Å². The number of phosphoric ester groups is 1. The van der Waals surface area contributed by atoms with Crippen LogP contribution in [0.1, 0.15) is 12.5 Å². The van der Waals surface area contributed by atoms with Gasteiger partial charge in [-0.3, -0.25) is 14.3 Å². The number of hydrogen-bond donors (Lipinski definition) is 3. The number of aromatic amines is 1. The smallest absolute Gasteiger partial charge is 0.454 e. The van der Waals surface area contributed by atoms with Crippen molar-refractivity contribution in [3.8, 4) is 34.5 Å². The zero-order chi connectivity index (χ0) is 29.0. The average molecular weight is 597 g/mol. The monoisotopic (exact) mass is 597 g/mol. The molecule has 218 valence electrons. The van der Waals surface area contributed by atoms with E-state index in [1.54, 1.807) is 16.7 Å². The summed E-state index contributed by atoms with van der Waals surface area (Å²) in [4.78, 5) is 23.0. The van der Waals surface area contributed by atoms with Gasteiger partial charge >= 0.3 is 7.82 Å². The van der Waals surface area contributed by atoms with Crippen molar-refractivity contribution in [1.29, 1.82) is 0 Å². The maximum absolute atomic E-state index is 14.1. The molecular formula is C26H24N5O10P. The fraction of sp³-hybridized carbons (Fsp3) is 0.269. The van der Waals surface area contributed by atoms with Crippen LogP contribution in [0.25, 0.3) is 11.2 Å². The normalized spacial score (nSPS) is 20.8. The maximum atomic E-state index is 14.1. The number of fused-ring (bicyclic) bond motifs is 3. The van der Waals surface area contributed by atoms with Gasteiger partial charge < -0.3 is 43.4 Å². The van der Waals surface area contributed by atoms with Gasteiger partial charge in [0, 0.05) is 18.1 Å². The summed E-state index contributed by atoms with van der Waals surface area (Å²) in [6, 6.07) is 8.81. The van der Waals surface area contributed by atoms with Gasteiger partial charge in [-0.15, -0.1) is 0 Å². The second kappa shape index (κ2) is 9.98. The highest BCUT2D eigenvalue weighted by molar-refractivity contribution is 7.49. The lowest BCUT2D eigenvalue weighted by atomic mass is 10.0. The van der Waals surface area contributed by atoms with Crippen molar-refractivity contribution in [2.24, 2.45) is 5.92 Å². The van der Waals surface area contributed by atoms with Gasteiger partial charge in [0.05, 0.1) is 25.1 Å². The molecule has 16 heteroatoms. The van der Waals surface area contributed by atoms with Crippen molar-refractivity contribution in [3.05, 3.63) is 65.2 Å². The summed E-state index contributed by atoms with van der Waals surface area (Å²) in [5.74, 6) is 1.38. The lowest BCUT2D eigenvalue weighted by Crippen LogP contribution is -2.21. The number of nitrogen functional groups attached to an aromatic ring is 1. The Morgan fingerprint density at radius 3 is 2.31 bits per heavy atom. The zero-order valence-electron chi connectivity index (χ0n) is 21.8. The summed E-state index contributed by atoms with van der Waals surface area (Å²) in [6.07, 6.45) is 0.709. The van der Waals surface area contributed by atoms with Gasteiger partial charge in [0.15, 0.2) is 34.2 Å². The Bertz CT molecular complexity index is 1760. The number of ether oxygens (including phenoxy) is 4. The van der Waals surface area contributed by atoms with Crippen LogP contribution in [0.4, 0.5) is 5.95 Å². The van der Waals surface area contributed by atoms with Crippen LogP contribution in [-0.4, -0.2) is 50.9 Å². The molecule has 15 nitrogen and oxygen atoms in total. The standard InChI is InChI=1S/C26H24N5O10P/c1-13-16(18(32)8-17(13)31-10-28-23-24(31)29-26(27)30-25(23)33)9-39-42(34,40-14-2-4-19-21(6-14)37-11-35-19)41-15-3-5-20-22(7-15)38-12-36-20/h2-7,10,16-18,32H,1,8-9,11-12H2,(H3,27,29,30,33)/t16-,17-,18-/m0/s1. The summed E-state index contributed by atoms with van der Waals surface area (Å²) < 4.78 is 54.5. The number of aliphatic hydroxyl groups is 1. The highest BCUT2D eigenvalue weighted by Crippen LogP contribution is 2.53. The molecule has 0 radical (unpaired) electrons. The molecule has 0 saturated heterocycles. The average Bonchev–Trinajstić information content (AvgIpc) is 3.74. The van der Waals surface area contributed by atoms with E-state index < -0.39 is 31.4 Å². The molecule has 2 aromatic heterocycles. The van der Waals surface area contributed by atoms with E-state index in [0.29, 0.717) is 28.6 Å². The van der Waals surface area contributed by atoms with Crippen molar-refractivity contribution < 1.29 is 42.2 Å². The van der Waals surface area contributed by atoms with E-state index in [4.69, 9.17) is 38.3 Å². The Balaban J connectivity index is 1.14. The summed E-state index contributed by atoms with van der Waals surface area (Å²) in [5, 5.41) is 11.0. The fourth-order valence-corrected chi connectivity index (χ4v) is 6.32. The molecule has 0 spiro atoms. The summed E-state index contributed by atoms with van der Waals surface area (Å²) in [7, 11) is -4.39. The number of benzene rings is 2. The van der Waals surface area contributed by atoms with Gasteiger partial charge in [0.2, 0.25) is 19.5 Å². The largest absolute Gasteiger partial charge is 0.587 e. The lowest BCUT2D eigenvalue weighted by Gasteiger charge is -2.23. The van der Waals surface area contributed by atoms with Crippen LogP contribution >= 0.6 is 7.82 Å². The third kappa shape index (κ3) is 4.66. The van der Waals surface area contributed by atoms with E-state index in [-0.39, 0.29) is 55.2 Å². The minimum atomic E-state index is -4.39. The molecule has 7 rings (SSSR count). The molecule has 3 atom stereocenters. The molecule has 0 amide bonds. The number of nitrogens with two attached hydrogens (primary N) is 1. The van der Waals surface area contributed by atoms with Crippen LogP contribution in [0, 0.1) is 5.92 Å². The van der Waals surface area contributed by atoms with Gasteiger partial charge in [-0.1, -0.05) is 6.58 Å². The van der Waals surface area contributed by atoms with E-state index in [1.807, 2.05) is 0 Å². The van der Waals surface area contributed by atoms with Gasteiger partial charge in [0.1, 0.15) is 11.5 Å². The molecule has 1 saturated carbocycles. The molecule has 2 aliphatic heterocycles. The number of anilines is 1. The number of aliphatic hydroxyl groups excluding tert-OH is 1. The number of phosphoric acid groups is 1. The van der Waals surface area contributed by atoms with Crippen LogP contribution < -0.4 is 39.3 Å². The second-order valence-electron chi connectivity index (χ2n) is 9.73. The molecule has 4 N–H and O–H groups in total. The Hall–Kier alpha value is -4.72. The minimum absolute atomic E-state index is 0.0478. The number of H-pyrrole nitrogens is 1. The molecular weight excluding hydrogens is 573 g/mol. The van der Waals surface area contributed by atoms with E-state index in [2.05, 4.69) is 21.5 Å². The third-order valence-corrected chi connectivity index (χ3v) is 8.49. The molecule has 0 unspecified atom stereocenters. The van der Waals surface area contributed by atoms with Crippen LogP contribution in [0.3, 0.4) is 0 Å². The number of nitrogens with zero attached hydrogens (tertiary/aromatic N) is 3. The molecule has 4 heterocycles.